The lowest BCUT2D eigenvalue weighted by molar-refractivity contribution is 0.122. The van der Waals surface area contributed by atoms with Crippen LogP contribution in [-0.2, 0) is 4.74 Å². The van der Waals surface area contributed by atoms with Gasteiger partial charge >= 0.3 is 6.03 Å². The summed E-state index contributed by atoms with van der Waals surface area (Å²) in [5.41, 5.74) is 4.38. The number of aromatic nitrogens is 4. The first-order chi connectivity index (χ1) is 14.1. The summed E-state index contributed by atoms with van der Waals surface area (Å²) in [5.74, 6) is 0.657. The minimum absolute atomic E-state index is 0.325. The molecule has 0 atom stereocenters. The van der Waals surface area contributed by atoms with Crippen molar-refractivity contribution in [2.75, 3.05) is 41.8 Å². The van der Waals surface area contributed by atoms with Crippen molar-refractivity contribution in [1.29, 1.82) is 0 Å². The summed E-state index contributed by atoms with van der Waals surface area (Å²) in [7, 11) is 0. The Kier molecular flexibility index (Phi) is 5.39. The highest BCUT2D eigenvalue weighted by atomic mass is 16.5. The number of carbonyl (C=O) groups is 1. The van der Waals surface area contributed by atoms with Gasteiger partial charge in [-0.2, -0.15) is 5.10 Å². The molecule has 2 aromatic heterocycles. The van der Waals surface area contributed by atoms with Crippen LogP contribution in [0.3, 0.4) is 0 Å². The molecule has 1 saturated heterocycles. The van der Waals surface area contributed by atoms with E-state index in [4.69, 9.17) is 4.74 Å². The van der Waals surface area contributed by atoms with Crippen LogP contribution in [0.4, 0.5) is 21.9 Å². The normalized spacial score (nSPS) is 13.9. The standard InChI is InChI=1S/C20H23N7O2/c1-14-4-3-5-17(15(14)2)25-20(28)24-16-10-23-27(12-16)19-18(11-21-13-22-19)26-6-8-29-9-7-26/h3-5,10-13H,6-9H2,1-2H3,(H2,24,25,28). The number of nitrogens with zero attached hydrogens (tertiary/aromatic N) is 5. The summed E-state index contributed by atoms with van der Waals surface area (Å²) in [6.07, 6.45) is 6.58. The molecule has 0 radical (unpaired) electrons. The number of benzene rings is 1. The van der Waals surface area contributed by atoms with Gasteiger partial charge in [0.2, 0.25) is 0 Å². The van der Waals surface area contributed by atoms with E-state index >= 15 is 0 Å². The number of amides is 2. The van der Waals surface area contributed by atoms with Crippen LogP contribution in [0, 0.1) is 13.8 Å². The number of hydrogen-bond acceptors (Lipinski definition) is 6. The van der Waals surface area contributed by atoms with E-state index in [0.29, 0.717) is 24.7 Å². The fraction of sp³-hybridized carbons (Fsp3) is 0.300. The molecule has 2 N–H and O–H groups in total. The lowest BCUT2D eigenvalue weighted by atomic mass is 10.1. The van der Waals surface area contributed by atoms with E-state index in [0.717, 1.165) is 35.6 Å². The van der Waals surface area contributed by atoms with Crippen LogP contribution in [0.2, 0.25) is 0 Å². The Bertz CT molecular complexity index is 1010. The lowest BCUT2D eigenvalue weighted by Crippen LogP contribution is -2.37. The number of nitrogens with one attached hydrogen (secondary N) is 2. The smallest absolute Gasteiger partial charge is 0.323 e. The molecule has 1 aliphatic rings. The maximum atomic E-state index is 12.4. The van der Waals surface area contributed by atoms with Crippen molar-refractivity contribution < 1.29 is 9.53 Å². The Balaban J connectivity index is 1.49. The number of rotatable bonds is 4. The summed E-state index contributed by atoms with van der Waals surface area (Å²) < 4.78 is 7.06. The third-order valence-corrected chi connectivity index (χ3v) is 4.93. The average Bonchev–Trinajstić information content (AvgIpc) is 3.20. The minimum Gasteiger partial charge on any atom is -0.378 e. The zero-order valence-electron chi connectivity index (χ0n) is 16.4. The molecule has 1 aliphatic heterocycles. The van der Waals surface area contributed by atoms with E-state index in [-0.39, 0.29) is 6.03 Å². The number of hydrogen-bond donors (Lipinski definition) is 2. The third kappa shape index (κ3) is 4.19. The van der Waals surface area contributed by atoms with Gasteiger partial charge in [0.25, 0.3) is 0 Å². The SMILES string of the molecule is Cc1cccc(NC(=O)Nc2cnn(-c3ncncc3N3CCOCC3)c2)c1C. The number of urea groups is 1. The third-order valence-electron chi connectivity index (χ3n) is 4.93. The zero-order valence-corrected chi connectivity index (χ0v) is 16.4. The van der Waals surface area contributed by atoms with Gasteiger partial charge in [0.1, 0.15) is 12.0 Å². The summed E-state index contributed by atoms with van der Waals surface area (Å²) >= 11 is 0. The van der Waals surface area contributed by atoms with Crippen molar-refractivity contribution in [1.82, 2.24) is 19.7 Å². The van der Waals surface area contributed by atoms with Gasteiger partial charge in [-0.1, -0.05) is 12.1 Å². The highest BCUT2D eigenvalue weighted by Crippen LogP contribution is 2.23. The van der Waals surface area contributed by atoms with E-state index < -0.39 is 0 Å². The highest BCUT2D eigenvalue weighted by molar-refractivity contribution is 6.00. The summed E-state index contributed by atoms with van der Waals surface area (Å²) in [4.78, 5) is 23.1. The molecule has 9 nitrogen and oxygen atoms in total. The maximum absolute atomic E-state index is 12.4. The van der Waals surface area contributed by atoms with Crippen LogP contribution in [-0.4, -0.2) is 52.1 Å². The molecule has 29 heavy (non-hydrogen) atoms. The number of anilines is 3. The molecule has 1 aromatic carbocycles. The molecule has 4 rings (SSSR count). The average molecular weight is 393 g/mol. The maximum Gasteiger partial charge on any atom is 0.323 e. The Labute approximate surface area is 168 Å². The van der Waals surface area contributed by atoms with Crippen molar-refractivity contribution in [2.24, 2.45) is 0 Å². The quantitative estimate of drug-likeness (QED) is 0.707. The predicted octanol–water partition coefficient (Wildman–Crippen LogP) is 2.76. The first-order valence-electron chi connectivity index (χ1n) is 9.44. The second kappa shape index (κ2) is 8.27. The monoisotopic (exact) mass is 393 g/mol. The Morgan fingerprint density at radius 2 is 1.97 bits per heavy atom. The Morgan fingerprint density at radius 1 is 1.14 bits per heavy atom. The topological polar surface area (TPSA) is 97.2 Å². The van der Waals surface area contributed by atoms with Crippen molar-refractivity contribution in [3.63, 3.8) is 0 Å². The Morgan fingerprint density at radius 3 is 2.79 bits per heavy atom. The van der Waals surface area contributed by atoms with Gasteiger partial charge in [0, 0.05) is 18.8 Å². The molecule has 1 fully saturated rings. The minimum atomic E-state index is -0.325. The van der Waals surface area contributed by atoms with Crippen LogP contribution in [0.5, 0.6) is 0 Å². The van der Waals surface area contributed by atoms with Crippen molar-refractivity contribution >= 4 is 23.1 Å². The van der Waals surface area contributed by atoms with Crippen molar-refractivity contribution in [3.05, 3.63) is 54.2 Å². The van der Waals surface area contributed by atoms with Crippen LogP contribution in [0.15, 0.2) is 43.1 Å². The Hall–Kier alpha value is -3.46. The molecule has 0 unspecified atom stereocenters. The molecule has 3 aromatic rings. The molecule has 3 heterocycles. The summed E-state index contributed by atoms with van der Waals surface area (Å²) in [5, 5.41) is 10.1. The van der Waals surface area contributed by atoms with Gasteiger partial charge in [0.15, 0.2) is 5.82 Å². The van der Waals surface area contributed by atoms with Gasteiger partial charge < -0.3 is 20.3 Å². The second-order valence-corrected chi connectivity index (χ2v) is 6.83. The van der Waals surface area contributed by atoms with Gasteiger partial charge in [-0.05, 0) is 31.0 Å². The van der Waals surface area contributed by atoms with Gasteiger partial charge in [-0.15, -0.1) is 0 Å². The van der Waals surface area contributed by atoms with Gasteiger partial charge in [0.05, 0.1) is 37.5 Å². The summed E-state index contributed by atoms with van der Waals surface area (Å²) in [6, 6.07) is 5.48. The van der Waals surface area contributed by atoms with Gasteiger partial charge in [-0.25, -0.2) is 19.4 Å². The van der Waals surface area contributed by atoms with Crippen molar-refractivity contribution in [3.8, 4) is 5.82 Å². The first kappa shape index (κ1) is 18.9. The highest BCUT2D eigenvalue weighted by Gasteiger charge is 2.18. The van der Waals surface area contributed by atoms with Crippen molar-refractivity contribution in [2.45, 2.75) is 13.8 Å². The van der Waals surface area contributed by atoms with E-state index in [9.17, 15) is 4.79 Å². The number of morpholine rings is 1. The van der Waals surface area contributed by atoms with E-state index in [2.05, 4.69) is 30.6 Å². The second-order valence-electron chi connectivity index (χ2n) is 6.83. The van der Waals surface area contributed by atoms with E-state index in [1.165, 1.54) is 6.33 Å². The van der Waals surface area contributed by atoms with Crippen LogP contribution >= 0.6 is 0 Å². The fourth-order valence-electron chi connectivity index (χ4n) is 3.19. The molecular formula is C20H23N7O2. The van der Waals surface area contributed by atoms with E-state index in [1.54, 1.807) is 23.3 Å². The molecular weight excluding hydrogens is 370 g/mol. The first-order valence-corrected chi connectivity index (χ1v) is 9.44. The molecule has 0 spiro atoms. The van der Waals surface area contributed by atoms with Gasteiger partial charge in [-0.3, -0.25) is 0 Å². The summed E-state index contributed by atoms with van der Waals surface area (Å²) in [6.45, 7) is 6.86. The van der Waals surface area contributed by atoms with Crippen LogP contribution in [0.1, 0.15) is 11.1 Å². The number of aryl methyl sites for hydroxylation is 1. The number of carbonyl (C=O) groups excluding carboxylic acids is 1. The largest absolute Gasteiger partial charge is 0.378 e. The molecule has 0 aliphatic carbocycles. The molecule has 0 saturated carbocycles. The zero-order chi connectivity index (χ0) is 20.2. The van der Waals surface area contributed by atoms with Crippen LogP contribution in [0.25, 0.3) is 5.82 Å². The van der Waals surface area contributed by atoms with Crippen LogP contribution < -0.4 is 15.5 Å². The predicted molar refractivity (Wildman–Crippen MR) is 111 cm³/mol. The fourth-order valence-corrected chi connectivity index (χ4v) is 3.19. The number of ether oxygens (including phenoxy) is 1. The lowest BCUT2D eigenvalue weighted by Gasteiger charge is -2.29. The molecule has 0 bridgehead atoms. The van der Waals surface area contributed by atoms with E-state index in [1.807, 2.05) is 32.0 Å². The molecule has 150 valence electrons. The molecule has 2 amide bonds. The molecule has 9 heteroatoms.